The van der Waals surface area contributed by atoms with E-state index in [1.165, 1.54) is 12.3 Å². The highest BCUT2D eigenvalue weighted by molar-refractivity contribution is 7.89. The molecule has 8 nitrogen and oxygen atoms in total. The minimum atomic E-state index is -3.90. The predicted octanol–water partition coefficient (Wildman–Crippen LogP) is 1.71. The van der Waals surface area contributed by atoms with Crippen molar-refractivity contribution >= 4 is 27.3 Å². The first-order valence-electron chi connectivity index (χ1n) is 5.23. The third-order valence-electron chi connectivity index (χ3n) is 2.34. The van der Waals surface area contributed by atoms with Crippen LogP contribution in [0.25, 0.3) is 0 Å². The predicted molar refractivity (Wildman–Crippen MR) is 68.6 cm³/mol. The van der Waals surface area contributed by atoms with Gasteiger partial charge in [-0.15, -0.1) is 0 Å². The molecule has 1 aromatic carbocycles. The number of rotatable bonds is 5. The molecule has 0 unspecified atom stereocenters. The molecule has 0 fully saturated rings. The molecule has 0 radical (unpaired) electrons. The van der Waals surface area contributed by atoms with Crippen LogP contribution in [0.4, 0.5) is 5.69 Å². The smallest absolute Gasteiger partial charge is 0.271 e. The van der Waals surface area contributed by atoms with Crippen LogP contribution in [0.5, 0.6) is 0 Å². The van der Waals surface area contributed by atoms with Crippen LogP contribution in [0.2, 0.25) is 5.02 Å². The molecule has 0 aliphatic rings. The van der Waals surface area contributed by atoms with Gasteiger partial charge in [-0.3, -0.25) is 10.1 Å². The molecule has 1 aromatic heterocycles. The van der Waals surface area contributed by atoms with E-state index in [4.69, 9.17) is 16.1 Å². The van der Waals surface area contributed by atoms with Gasteiger partial charge in [-0.05, 0) is 6.07 Å². The van der Waals surface area contributed by atoms with Gasteiger partial charge in [0.05, 0.1) is 22.7 Å². The zero-order valence-corrected chi connectivity index (χ0v) is 11.4. The van der Waals surface area contributed by atoms with Gasteiger partial charge in [0, 0.05) is 18.2 Å². The van der Waals surface area contributed by atoms with Crippen molar-refractivity contribution < 1.29 is 17.9 Å². The lowest BCUT2D eigenvalue weighted by atomic mass is 10.3. The third kappa shape index (κ3) is 3.13. The van der Waals surface area contributed by atoms with Crippen LogP contribution in [0.1, 0.15) is 5.76 Å². The largest absolute Gasteiger partial charge is 0.360 e. The molecule has 20 heavy (non-hydrogen) atoms. The lowest BCUT2D eigenvalue weighted by Crippen LogP contribution is -2.23. The molecule has 0 saturated heterocycles. The van der Waals surface area contributed by atoms with E-state index in [0.29, 0.717) is 5.76 Å². The summed E-state index contributed by atoms with van der Waals surface area (Å²) in [6, 6.07) is 4.61. The van der Waals surface area contributed by atoms with Crippen molar-refractivity contribution in [1.82, 2.24) is 9.88 Å². The van der Waals surface area contributed by atoms with Crippen LogP contribution in [0, 0.1) is 10.1 Å². The number of sulfonamides is 1. The van der Waals surface area contributed by atoms with Gasteiger partial charge >= 0.3 is 0 Å². The van der Waals surface area contributed by atoms with E-state index in [9.17, 15) is 18.5 Å². The minimum absolute atomic E-state index is 0.102. The van der Waals surface area contributed by atoms with Crippen molar-refractivity contribution in [2.45, 2.75) is 11.4 Å². The fraction of sp³-hybridized carbons (Fsp3) is 0.100. The summed E-state index contributed by atoms with van der Waals surface area (Å²) in [5.41, 5.74) is -0.288. The second-order valence-corrected chi connectivity index (χ2v) is 5.82. The average Bonchev–Trinajstić information content (AvgIpc) is 2.89. The summed E-state index contributed by atoms with van der Waals surface area (Å²) < 4.78 is 31.0. The molecule has 10 heteroatoms. The Morgan fingerprint density at radius 2 is 2.15 bits per heavy atom. The second-order valence-electron chi connectivity index (χ2n) is 3.68. The van der Waals surface area contributed by atoms with Crippen LogP contribution < -0.4 is 4.72 Å². The standard InChI is InChI=1S/C10H8ClN3O5S/c11-9-5-7(14(15)16)1-2-10(9)20(17,18)13-6-8-3-4-12-19-8/h1-5,13H,6H2. The van der Waals surface area contributed by atoms with Gasteiger partial charge in [-0.2, -0.15) is 0 Å². The van der Waals surface area contributed by atoms with Gasteiger partial charge in [0.25, 0.3) is 5.69 Å². The van der Waals surface area contributed by atoms with Crippen molar-refractivity contribution in [2.24, 2.45) is 0 Å². The SMILES string of the molecule is O=[N+]([O-])c1ccc(S(=O)(=O)NCc2ccno2)c(Cl)c1. The Morgan fingerprint density at radius 1 is 1.40 bits per heavy atom. The number of nitrogens with zero attached hydrogens (tertiary/aromatic N) is 2. The first-order valence-corrected chi connectivity index (χ1v) is 7.09. The first kappa shape index (κ1) is 14.4. The van der Waals surface area contributed by atoms with Crippen LogP contribution in [0.3, 0.4) is 0 Å². The van der Waals surface area contributed by atoms with Crippen molar-refractivity contribution in [3.63, 3.8) is 0 Å². The number of non-ortho nitro benzene ring substituents is 1. The van der Waals surface area contributed by atoms with Gasteiger partial charge in [-0.1, -0.05) is 16.8 Å². The van der Waals surface area contributed by atoms with Gasteiger partial charge < -0.3 is 4.52 Å². The average molecular weight is 318 g/mol. The van der Waals surface area contributed by atoms with Crippen molar-refractivity contribution in [3.8, 4) is 0 Å². The van der Waals surface area contributed by atoms with E-state index < -0.39 is 14.9 Å². The molecule has 0 spiro atoms. The Kier molecular flexibility index (Phi) is 4.02. The number of nitrogens with one attached hydrogen (secondary N) is 1. The quantitative estimate of drug-likeness (QED) is 0.663. The van der Waals surface area contributed by atoms with Gasteiger partial charge in [0.15, 0.2) is 5.76 Å². The fourth-order valence-corrected chi connectivity index (χ4v) is 2.93. The highest BCUT2D eigenvalue weighted by atomic mass is 35.5. The maximum Gasteiger partial charge on any atom is 0.271 e. The van der Waals surface area contributed by atoms with E-state index in [0.717, 1.165) is 18.2 Å². The number of hydrogen-bond donors (Lipinski definition) is 1. The Morgan fingerprint density at radius 3 is 2.70 bits per heavy atom. The van der Waals surface area contributed by atoms with Crippen molar-refractivity contribution in [1.29, 1.82) is 0 Å². The maximum absolute atomic E-state index is 12.0. The number of halogens is 1. The monoisotopic (exact) mass is 317 g/mol. The van der Waals surface area contributed by atoms with E-state index >= 15 is 0 Å². The Balaban J connectivity index is 2.23. The number of aromatic nitrogens is 1. The second kappa shape index (κ2) is 5.57. The zero-order valence-electron chi connectivity index (χ0n) is 9.82. The fourth-order valence-electron chi connectivity index (χ4n) is 1.40. The highest BCUT2D eigenvalue weighted by Crippen LogP contribution is 2.26. The molecule has 1 N–H and O–H groups in total. The lowest BCUT2D eigenvalue weighted by molar-refractivity contribution is -0.384. The van der Waals surface area contributed by atoms with Crippen LogP contribution in [0.15, 0.2) is 39.9 Å². The van der Waals surface area contributed by atoms with E-state index in [-0.39, 0.29) is 22.2 Å². The Labute approximate surface area is 118 Å². The first-order chi connectivity index (χ1) is 9.40. The van der Waals surface area contributed by atoms with Gasteiger partial charge in [-0.25, -0.2) is 13.1 Å². The number of nitro benzene ring substituents is 1. The van der Waals surface area contributed by atoms with Gasteiger partial charge in [0.1, 0.15) is 4.90 Å². The lowest BCUT2D eigenvalue weighted by Gasteiger charge is -2.06. The number of benzene rings is 1. The summed E-state index contributed by atoms with van der Waals surface area (Å²) in [4.78, 5) is 9.65. The highest BCUT2D eigenvalue weighted by Gasteiger charge is 2.20. The normalized spacial score (nSPS) is 11.4. The van der Waals surface area contributed by atoms with E-state index in [1.54, 1.807) is 0 Å². The summed E-state index contributed by atoms with van der Waals surface area (Å²) in [7, 11) is -3.90. The molecule has 106 valence electrons. The summed E-state index contributed by atoms with van der Waals surface area (Å²) >= 11 is 5.76. The van der Waals surface area contributed by atoms with Gasteiger partial charge in [0.2, 0.25) is 10.0 Å². The van der Waals surface area contributed by atoms with Crippen LogP contribution >= 0.6 is 11.6 Å². The topological polar surface area (TPSA) is 115 Å². The van der Waals surface area contributed by atoms with E-state index in [2.05, 4.69) is 9.88 Å². The number of hydrogen-bond acceptors (Lipinski definition) is 6. The van der Waals surface area contributed by atoms with Crippen LogP contribution in [-0.4, -0.2) is 18.5 Å². The molecule has 0 aliphatic heterocycles. The molecule has 0 bridgehead atoms. The molecule has 1 heterocycles. The molecule has 0 aliphatic carbocycles. The summed E-state index contributed by atoms with van der Waals surface area (Å²) in [5, 5.41) is 13.8. The molecule has 0 saturated carbocycles. The molecule has 2 aromatic rings. The molecule has 0 amide bonds. The van der Waals surface area contributed by atoms with Crippen LogP contribution in [-0.2, 0) is 16.6 Å². The van der Waals surface area contributed by atoms with E-state index in [1.807, 2.05) is 0 Å². The molecule has 2 rings (SSSR count). The summed E-state index contributed by atoms with van der Waals surface area (Å²) in [6.45, 7) is -0.102. The van der Waals surface area contributed by atoms with Crippen molar-refractivity contribution in [2.75, 3.05) is 0 Å². The minimum Gasteiger partial charge on any atom is -0.360 e. The number of nitro groups is 1. The summed E-state index contributed by atoms with van der Waals surface area (Å²) in [5.74, 6) is 0.326. The molecule has 0 atom stereocenters. The molecular weight excluding hydrogens is 310 g/mol. The third-order valence-corrected chi connectivity index (χ3v) is 4.23. The summed E-state index contributed by atoms with van der Waals surface area (Å²) in [6.07, 6.45) is 1.38. The zero-order chi connectivity index (χ0) is 14.8. The molecular formula is C10H8ClN3O5S. The Bertz CT molecular complexity index is 729. The Hall–Kier alpha value is -1.97. The maximum atomic E-state index is 12.0. The van der Waals surface area contributed by atoms with Crippen molar-refractivity contribution in [3.05, 3.63) is 51.4 Å².